The third kappa shape index (κ3) is 3.45. The number of aromatic nitrogens is 2. The molecule has 2 aromatic rings. The maximum atomic E-state index is 4.01. The summed E-state index contributed by atoms with van der Waals surface area (Å²) in [6.07, 6.45) is 4.99. The zero-order chi connectivity index (χ0) is 14.7. The summed E-state index contributed by atoms with van der Waals surface area (Å²) in [5, 5.41) is 6.90. The molecule has 3 rings (SSSR count). The number of aromatic amines is 1. The number of aryl methyl sites for hydroxylation is 1. The molecule has 1 aliphatic rings. The van der Waals surface area contributed by atoms with Gasteiger partial charge in [0.25, 0.3) is 0 Å². The fourth-order valence-electron chi connectivity index (χ4n) is 3.00. The van der Waals surface area contributed by atoms with E-state index in [0.29, 0.717) is 6.04 Å². The number of nitrogens with zero attached hydrogens (tertiary/aromatic N) is 3. The van der Waals surface area contributed by atoms with Crippen molar-refractivity contribution in [2.24, 2.45) is 0 Å². The average molecular weight is 284 g/mol. The third-order valence-electron chi connectivity index (χ3n) is 4.41. The van der Waals surface area contributed by atoms with Crippen LogP contribution in [-0.2, 0) is 6.42 Å². The smallest absolute Gasteiger partial charge is 0.0519 e. The quantitative estimate of drug-likeness (QED) is 0.937. The topological polar surface area (TPSA) is 35.2 Å². The van der Waals surface area contributed by atoms with Gasteiger partial charge in [-0.2, -0.15) is 5.10 Å². The Kier molecular flexibility index (Phi) is 4.25. The number of H-pyrrole nitrogens is 1. The molecule has 1 atom stereocenters. The Hall–Kier alpha value is -1.81. The number of hydrogen-bond donors (Lipinski definition) is 1. The van der Waals surface area contributed by atoms with Gasteiger partial charge in [-0.3, -0.25) is 10.00 Å². The van der Waals surface area contributed by atoms with Gasteiger partial charge < -0.3 is 4.90 Å². The van der Waals surface area contributed by atoms with Crippen molar-refractivity contribution < 1.29 is 0 Å². The Bertz CT molecular complexity index is 547. The van der Waals surface area contributed by atoms with Gasteiger partial charge in [-0.25, -0.2) is 0 Å². The molecule has 21 heavy (non-hydrogen) atoms. The highest BCUT2D eigenvalue weighted by Gasteiger charge is 2.23. The van der Waals surface area contributed by atoms with Crippen molar-refractivity contribution in [3.05, 3.63) is 47.8 Å². The maximum absolute atomic E-state index is 4.01. The lowest BCUT2D eigenvalue weighted by Crippen LogP contribution is -2.52. The number of anilines is 1. The van der Waals surface area contributed by atoms with Gasteiger partial charge in [-0.1, -0.05) is 17.7 Å². The summed E-state index contributed by atoms with van der Waals surface area (Å²) in [5.41, 5.74) is 3.97. The molecule has 0 saturated carbocycles. The first-order valence-electron chi connectivity index (χ1n) is 7.76. The summed E-state index contributed by atoms with van der Waals surface area (Å²) in [5.74, 6) is 0. The molecule has 0 bridgehead atoms. The Labute approximate surface area is 126 Å². The van der Waals surface area contributed by atoms with Gasteiger partial charge in [-0.05, 0) is 38.0 Å². The van der Waals surface area contributed by atoms with E-state index in [1.54, 1.807) is 0 Å². The van der Waals surface area contributed by atoms with E-state index in [4.69, 9.17) is 0 Å². The molecule has 0 aliphatic carbocycles. The standard InChI is InChI=1S/C17H24N4/c1-14-3-5-17(6-4-14)21-10-9-20(15(2)13-21)8-7-16-11-18-19-12-16/h3-6,11-12,15H,7-10,13H2,1-2H3,(H,18,19). The van der Waals surface area contributed by atoms with E-state index in [9.17, 15) is 0 Å². The first-order valence-corrected chi connectivity index (χ1v) is 7.76. The number of piperazine rings is 1. The average Bonchev–Trinajstić information content (AvgIpc) is 3.00. The van der Waals surface area contributed by atoms with Crippen LogP contribution in [0.2, 0.25) is 0 Å². The molecule has 4 heteroatoms. The lowest BCUT2D eigenvalue weighted by Gasteiger charge is -2.41. The van der Waals surface area contributed by atoms with Crippen LogP contribution in [-0.4, -0.2) is 47.3 Å². The van der Waals surface area contributed by atoms with E-state index < -0.39 is 0 Å². The van der Waals surface area contributed by atoms with Crippen molar-refractivity contribution >= 4 is 5.69 Å². The SMILES string of the molecule is Cc1ccc(N2CCN(CCc3cn[nH]c3)C(C)C2)cc1. The molecule has 1 aromatic heterocycles. The normalized spacial score (nSPS) is 19.9. The second-order valence-corrected chi connectivity index (χ2v) is 6.02. The van der Waals surface area contributed by atoms with Crippen LogP contribution in [0.5, 0.6) is 0 Å². The van der Waals surface area contributed by atoms with Crippen molar-refractivity contribution in [3.63, 3.8) is 0 Å². The summed E-state index contributed by atoms with van der Waals surface area (Å²) in [7, 11) is 0. The molecule has 112 valence electrons. The molecule has 1 aliphatic heterocycles. The fraction of sp³-hybridized carbons (Fsp3) is 0.471. The lowest BCUT2D eigenvalue weighted by atomic mass is 10.1. The van der Waals surface area contributed by atoms with Crippen molar-refractivity contribution in [1.29, 1.82) is 0 Å². The highest BCUT2D eigenvalue weighted by atomic mass is 15.3. The van der Waals surface area contributed by atoms with Gasteiger partial charge >= 0.3 is 0 Å². The van der Waals surface area contributed by atoms with E-state index in [1.807, 2.05) is 12.4 Å². The number of benzene rings is 1. The molecule has 2 heterocycles. The monoisotopic (exact) mass is 284 g/mol. The minimum atomic E-state index is 0.590. The Morgan fingerprint density at radius 3 is 2.71 bits per heavy atom. The molecule has 1 fully saturated rings. The Morgan fingerprint density at radius 1 is 1.24 bits per heavy atom. The third-order valence-corrected chi connectivity index (χ3v) is 4.41. The molecule has 0 radical (unpaired) electrons. The van der Waals surface area contributed by atoms with Crippen molar-refractivity contribution in [2.75, 3.05) is 31.1 Å². The van der Waals surface area contributed by atoms with Crippen LogP contribution in [0.25, 0.3) is 0 Å². The van der Waals surface area contributed by atoms with Crippen molar-refractivity contribution in [2.45, 2.75) is 26.3 Å². The zero-order valence-electron chi connectivity index (χ0n) is 12.9. The number of hydrogen-bond acceptors (Lipinski definition) is 3. The molecule has 0 spiro atoms. The van der Waals surface area contributed by atoms with Crippen LogP contribution in [0.3, 0.4) is 0 Å². The molecular formula is C17H24N4. The predicted octanol–water partition coefficient (Wildman–Crippen LogP) is 2.47. The highest BCUT2D eigenvalue weighted by molar-refractivity contribution is 5.48. The Balaban J connectivity index is 1.55. The minimum absolute atomic E-state index is 0.590. The van der Waals surface area contributed by atoms with E-state index in [-0.39, 0.29) is 0 Å². The molecule has 1 N–H and O–H groups in total. The number of nitrogens with one attached hydrogen (secondary N) is 1. The molecule has 0 amide bonds. The van der Waals surface area contributed by atoms with Gasteiger partial charge in [0, 0.05) is 44.1 Å². The van der Waals surface area contributed by atoms with E-state index in [2.05, 4.69) is 58.1 Å². The first kappa shape index (κ1) is 14.1. The van der Waals surface area contributed by atoms with Crippen LogP contribution >= 0.6 is 0 Å². The first-order chi connectivity index (χ1) is 10.2. The molecule has 4 nitrogen and oxygen atoms in total. The molecule has 1 saturated heterocycles. The summed E-state index contributed by atoms with van der Waals surface area (Å²) >= 11 is 0. The van der Waals surface area contributed by atoms with Gasteiger partial charge in [0.05, 0.1) is 6.20 Å². The number of rotatable bonds is 4. The Morgan fingerprint density at radius 2 is 2.05 bits per heavy atom. The van der Waals surface area contributed by atoms with E-state index in [0.717, 1.165) is 32.6 Å². The van der Waals surface area contributed by atoms with Crippen LogP contribution < -0.4 is 4.90 Å². The van der Waals surface area contributed by atoms with Gasteiger partial charge in [0.1, 0.15) is 0 Å². The van der Waals surface area contributed by atoms with Crippen LogP contribution in [0.4, 0.5) is 5.69 Å². The largest absolute Gasteiger partial charge is 0.369 e. The molecule has 1 unspecified atom stereocenters. The van der Waals surface area contributed by atoms with Gasteiger partial charge in [0.15, 0.2) is 0 Å². The molecule has 1 aromatic carbocycles. The summed E-state index contributed by atoms with van der Waals surface area (Å²) in [6.45, 7) is 8.93. The highest BCUT2D eigenvalue weighted by Crippen LogP contribution is 2.19. The maximum Gasteiger partial charge on any atom is 0.0519 e. The van der Waals surface area contributed by atoms with Crippen LogP contribution in [0.1, 0.15) is 18.1 Å². The van der Waals surface area contributed by atoms with Crippen LogP contribution in [0.15, 0.2) is 36.7 Å². The molecular weight excluding hydrogens is 260 g/mol. The minimum Gasteiger partial charge on any atom is -0.369 e. The summed E-state index contributed by atoms with van der Waals surface area (Å²) in [4.78, 5) is 5.08. The van der Waals surface area contributed by atoms with Gasteiger partial charge in [-0.15, -0.1) is 0 Å². The van der Waals surface area contributed by atoms with Gasteiger partial charge in [0.2, 0.25) is 0 Å². The second kappa shape index (κ2) is 6.31. The zero-order valence-corrected chi connectivity index (χ0v) is 12.9. The van der Waals surface area contributed by atoms with Crippen LogP contribution in [0, 0.1) is 6.92 Å². The lowest BCUT2D eigenvalue weighted by molar-refractivity contribution is 0.192. The summed E-state index contributed by atoms with van der Waals surface area (Å²) in [6, 6.07) is 9.47. The predicted molar refractivity (Wildman–Crippen MR) is 86.7 cm³/mol. The van der Waals surface area contributed by atoms with Crippen molar-refractivity contribution in [1.82, 2.24) is 15.1 Å². The van der Waals surface area contributed by atoms with Crippen molar-refractivity contribution in [3.8, 4) is 0 Å². The van der Waals surface area contributed by atoms with E-state index in [1.165, 1.54) is 16.8 Å². The second-order valence-electron chi connectivity index (χ2n) is 6.02. The fourth-order valence-corrected chi connectivity index (χ4v) is 3.00. The summed E-state index contributed by atoms with van der Waals surface area (Å²) < 4.78 is 0. The van der Waals surface area contributed by atoms with E-state index >= 15 is 0 Å².